The lowest BCUT2D eigenvalue weighted by molar-refractivity contribution is -0.121. The van der Waals surface area contributed by atoms with Gasteiger partial charge in [-0.05, 0) is 46.2 Å². The predicted molar refractivity (Wildman–Crippen MR) is 97.0 cm³/mol. The van der Waals surface area contributed by atoms with Crippen molar-refractivity contribution in [2.24, 2.45) is 0 Å². The minimum Gasteiger partial charge on any atom is -0.361 e. The van der Waals surface area contributed by atoms with Crippen LogP contribution in [0.3, 0.4) is 0 Å². The highest BCUT2D eigenvalue weighted by molar-refractivity contribution is 5.76. The van der Waals surface area contributed by atoms with Gasteiger partial charge in [0.15, 0.2) is 5.82 Å². The first kappa shape index (κ1) is 17.8. The monoisotopic (exact) mass is 353 g/mol. The smallest absolute Gasteiger partial charge is 0.220 e. The van der Waals surface area contributed by atoms with Crippen LogP contribution in [0.15, 0.2) is 35.1 Å². The van der Waals surface area contributed by atoms with Crippen molar-refractivity contribution < 1.29 is 9.32 Å². The summed E-state index contributed by atoms with van der Waals surface area (Å²) in [5.41, 5.74) is 3.78. The number of rotatable bonds is 6. The summed E-state index contributed by atoms with van der Waals surface area (Å²) < 4.78 is 6.92. The molecule has 0 saturated heterocycles. The van der Waals surface area contributed by atoms with Crippen LogP contribution in [0, 0.1) is 20.8 Å². The minimum absolute atomic E-state index is 0.0116. The molecule has 7 heteroatoms. The van der Waals surface area contributed by atoms with Crippen molar-refractivity contribution in [2.75, 3.05) is 0 Å². The van der Waals surface area contributed by atoms with Crippen molar-refractivity contribution in [1.82, 2.24) is 25.2 Å². The van der Waals surface area contributed by atoms with E-state index in [1.54, 1.807) is 17.1 Å². The van der Waals surface area contributed by atoms with Crippen molar-refractivity contribution in [3.05, 3.63) is 58.9 Å². The molecule has 3 heterocycles. The van der Waals surface area contributed by atoms with Gasteiger partial charge in [-0.3, -0.25) is 4.79 Å². The Balaban J connectivity index is 1.64. The summed E-state index contributed by atoms with van der Waals surface area (Å²) in [5, 5.41) is 11.4. The van der Waals surface area contributed by atoms with Crippen molar-refractivity contribution in [1.29, 1.82) is 0 Å². The lowest BCUT2D eigenvalue weighted by Crippen LogP contribution is -2.27. The molecule has 1 unspecified atom stereocenters. The molecule has 0 bridgehead atoms. The van der Waals surface area contributed by atoms with Crippen LogP contribution in [0.2, 0.25) is 0 Å². The van der Waals surface area contributed by atoms with Crippen LogP contribution in [-0.4, -0.2) is 25.8 Å². The van der Waals surface area contributed by atoms with Gasteiger partial charge in [0.2, 0.25) is 5.91 Å². The van der Waals surface area contributed by atoms with Crippen molar-refractivity contribution in [3.63, 3.8) is 0 Å². The molecule has 3 aromatic rings. The van der Waals surface area contributed by atoms with Crippen LogP contribution in [0.5, 0.6) is 0 Å². The Morgan fingerprint density at radius 3 is 2.77 bits per heavy atom. The maximum absolute atomic E-state index is 12.3. The lowest BCUT2D eigenvalue weighted by Gasteiger charge is -2.14. The minimum atomic E-state index is -0.135. The van der Waals surface area contributed by atoms with Gasteiger partial charge >= 0.3 is 0 Å². The highest BCUT2D eigenvalue weighted by atomic mass is 16.5. The fraction of sp³-hybridized carbons (Fsp3) is 0.368. The van der Waals surface area contributed by atoms with Gasteiger partial charge in [-0.2, -0.15) is 5.10 Å². The highest BCUT2D eigenvalue weighted by Gasteiger charge is 2.17. The molecule has 0 aliphatic carbocycles. The molecule has 1 atom stereocenters. The molecular formula is C19H23N5O2. The zero-order chi connectivity index (χ0) is 18.7. The van der Waals surface area contributed by atoms with Gasteiger partial charge in [0.05, 0.1) is 17.9 Å². The molecule has 0 radical (unpaired) electrons. The van der Waals surface area contributed by atoms with E-state index in [9.17, 15) is 4.79 Å². The first-order valence-corrected chi connectivity index (χ1v) is 8.64. The fourth-order valence-corrected chi connectivity index (χ4v) is 3.05. The van der Waals surface area contributed by atoms with Crippen LogP contribution in [-0.2, 0) is 11.2 Å². The second kappa shape index (κ2) is 7.51. The summed E-state index contributed by atoms with van der Waals surface area (Å²) in [6.45, 7) is 7.69. The standard InChI is InChI=1S/C19H23N5O2/c1-12(22-19(25)9-8-16-13(2)23-26-15(16)4)17-11-21-24(14(17)3)18-7-5-6-10-20-18/h5-7,10-12H,8-9H2,1-4H3,(H,22,25). The molecule has 0 aliphatic rings. The van der Waals surface area contributed by atoms with E-state index >= 15 is 0 Å². The first-order chi connectivity index (χ1) is 12.5. The summed E-state index contributed by atoms with van der Waals surface area (Å²) >= 11 is 0. The molecule has 0 fully saturated rings. The van der Waals surface area contributed by atoms with Gasteiger partial charge in [0.1, 0.15) is 5.76 Å². The quantitative estimate of drug-likeness (QED) is 0.736. The van der Waals surface area contributed by atoms with Crippen molar-refractivity contribution in [3.8, 4) is 5.82 Å². The molecule has 26 heavy (non-hydrogen) atoms. The number of carbonyl (C=O) groups excluding carboxylic acids is 1. The van der Waals surface area contributed by atoms with Crippen molar-refractivity contribution in [2.45, 2.75) is 46.6 Å². The zero-order valence-electron chi connectivity index (χ0n) is 15.5. The Bertz CT molecular complexity index is 879. The molecule has 7 nitrogen and oxygen atoms in total. The van der Waals surface area contributed by atoms with E-state index < -0.39 is 0 Å². The number of nitrogens with one attached hydrogen (secondary N) is 1. The molecule has 0 aliphatic heterocycles. The second-order valence-corrected chi connectivity index (χ2v) is 6.38. The number of nitrogens with zero attached hydrogens (tertiary/aromatic N) is 4. The topological polar surface area (TPSA) is 85.8 Å². The fourth-order valence-electron chi connectivity index (χ4n) is 3.05. The third-order valence-electron chi connectivity index (χ3n) is 4.54. The van der Waals surface area contributed by atoms with Crippen LogP contribution < -0.4 is 5.32 Å². The van der Waals surface area contributed by atoms with Crippen LogP contribution in [0.4, 0.5) is 0 Å². The van der Waals surface area contributed by atoms with Crippen molar-refractivity contribution >= 4 is 5.91 Å². The van der Waals surface area contributed by atoms with Crippen LogP contribution >= 0.6 is 0 Å². The molecular weight excluding hydrogens is 330 g/mol. The predicted octanol–water partition coefficient (Wildman–Crippen LogP) is 2.99. The lowest BCUT2D eigenvalue weighted by atomic mass is 10.1. The van der Waals surface area contributed by atoms with Gasteiger partial charge in [0, 0.05) is 29.4 Å². The average molecular weight is 353 g/mol. The van der Waals surface area contributed by atoms with Gasteiger partial charge in [-0.1, -0.05) is 11.2 Å². The number of aromatic nitrogens is 4. The Labute approximate surface area is 152 Å². The Morgan fingerprint density at radius 1 is 1.31 bits per heavy atom. The highest BCUT2D eigenvalue weighted by Crippen LogP contribution is 2.20. The first-order valence-electron chi connectivity index (χ1n) is 8.64. The van der Waals surface area contributed by atoms with E-state index in [0.29, 0.717) is 12.8 Å². The maximum Gasteiger partial charge on any atom is 0.220 e. The summed E-state index contributed by atoms with van der Waals surface area (Å²) in [7, 11) is 0. The molecule has 0 aromatic carbocycles. The maximum atomic E-state index is 12.3. The Morgan fingerprint density at radius 2 is 2.12 bits per heavy atom. The summed E-state index contributed by atoms with van der Waals surface area (Å²) in [5.74, 6) is 1.52. The number of carbonyl (C=O) groups is 1. The summed E-state index contributed by atoms with van der Waals surface area (Å²) in [6, 6.07) is 5.55. The van der Waals surface area contributed by atoms with Gasteiger partial charge in [-0.25, -0.2) is 9.67 Å². The van der Waals surface area contributed by atoms with Crippen LogP contribution in [0.25, 0.3) is 5.82 Å². The third-order valence-corrected chi connectivity index (χ3v) is 4.54. The second-order valence-electron chi connectivity index (χ2n) is 6.38. The Kier molecular flexibility index (Phi) is 5.16. The van der Waals surface area contributed by atoms with E-state index in [1.165, 1.54) is 0 Å². The van der Waals surface area contributed by atoms with E-state index in [1.807, 2.05) is 45.9 Å². The zero-order valence-corrected chi connectivity index (χ0v) is 15.5. The normalized spacial score (nSPS) is 12.2. The van der Waals surface area contributed by atoms with E-state index in [0.717, 1.165) is 34.1 Å². The number of aryl methyl sites for hydroxylation is 2. The van der Waals surface area contributed by atoms with Gasteiger partial charge in [0.25, 0.3) is 0 Å². The molecule has 3 rings (SSSR count). The SMILES string of the molecule is Cc1noc(C)c1CCC(=O)NC(C)c1cnn(-c2ccccn2)c1C. The van der Waals surface area contributed by atoms with Gasteiger partial charge in [-0.15, -0.1) is 0 Å². The molecule has 0 spiro atoms. The van der Waals surface area contributed by atoms with E-state index in [2.05, 4.69) is 20.6 Å². The number of pyridine rings is 1. The van der Waals surface area contributed by atoms with Gasteiger partial charge < -0.3 is 9.84 Å². The molecule has 0 saturated carbocycles. The van der Waals surface area contributed by atoms with Crippen LogP contribution in [0.1, 0.15) is 47.7 Å². The molecule has 1 N–H and O–H groups in total. The molecule has 3 aromatic heterocycles. The summed E-state index contributed by atoms with van der Waals surface area (Å²) in [4.78, 5) is 16.6. The number of hydrogen-bond acceptors (Lipinski definition) is 5. The Hall–Kier alpha value is -2.96. The number of amides is 1. The van der Waals surface area contributed by atoms with E-state index in [-0.39, 0.29) is 11.9 Å². The summed E-state index contributed by atoms with van der Waals surface area (Å²) in [6.07, 6.45) is 4.52. The van der Waals surface area contributed by atoms with E-state index in [4.69, 9.17) is 4.52 Å². The number of hydrogen-bond donors (Lipinski definition) is 1. The average Bonchev–Trinajstić information content (AvgIpc) is 3.16. The third kappa shape index (κ3) is 3.66. The largest absolute Gasteiger partial charge is 0.361 e. The molecule has 136 valence electrons. The molecule has 1 amide bonds.